The highest BCUT2D eigenvalue weighted by Gasteiger charge is 2.17. The third-order valence-corrected chi connectivity index (χ3v) is 10.3. The van der Waals surface area contributed by atoms with Gasteiger partial charge in [-0.25, -0.2) is 0 Å². The molecule has 0 spiro atoms. The van der Waals surface area contributed by atoms with E-state index in [0.29, 0.717) is 12.5 Å². The van der Waals surface area contributed by atoms with Gasteiger partial charge in [0.2, 0.25) is 0 Å². The zero-order chi connectivity index (χ0) is 36.0. The van der Waals surface area contributed by atoms with Crippen molar-refractivity contribution in [2.45, 2.75) is 188 Å². The van der Waals surface area contributed by atoms with Crippen LogP contribution < -0.4 is 0 Å². The van der Waals surface area contributed by atoms with Crippen molar-refractivity contribution in [1.82, 2.24) is 9.80 Å². The van der Waals surface area contributed by atoms with Gasteiger partial charge in [-0.2, -0.15) is 0 Å². The summed E-state index contributed by atoms with van der Waals surface area (Å²) in [6.45, 7) is 19.9. The topological polar surface area (TPSA) is 53.0 Å². The predicted molar refractivity (Wildman–Crippen MR) is 213 cm³/mol. The Kier molecular flexibility index (Phi) is 29.1. The number of carbonyl (C=O) groups excluding carboxylic acids is 1. The van der Waals surface area contributed by atoms with Crippen LogP contribution in [-0.2, 0) is 16.0 Å². The van der Waals surface area contributed by atoms with Crippen molar-refractivity contribution < 1.29 is 14.6 Å². The van der Waals surface area contributed by atoms with Gasteiger partial charge >= 0.3 is 5.97 Å². The number of ether oxygens (including phenoxy) is 1. The minimum atomic E-state index is -0.228. The second kappa shape index (κ2) is 31.3. The van der Waals surface area contributed by atoms with E-state index < -0.39 is 0 Å². The molecular formula is C44H82N2O3. The Balaban J connectivity index is 2.24. The SMILES string of the molecule is CCCCCCCCCCCCCCCCC(O)CN(CCCCCCOC(=O)C(C)c1ccc(CC(C)C)cc1)CCCN(CC)CC. The molecule has 0 aromatic heterocycles. The van der Waals surface area contributed by atoms with Gasteiger partial charge in [0.05, 0.1) is 18.6 Å². The second-order valence-electron chi connectivity index (χ2n) is 15.4. The van der Waals surface area contributed by atoms with Crippen LogP contribution in [0.5, 0.6) is 0 Å². The van der Waals surface area contributed by atoms with Crippen LogP contribution in [0.25, 0.3) is 0 Å². The number of aliphatic hydroxyl groups excluding tert-OH is 1. The first-order chi connectivity index (χ1) is 23.8. The van der Waals surface area contributed by atoms with Crippen LogP contribution >= 0.6 is 0 Å². The van der Waals surface area contributed by atoms with Crippen molar-refractivity contribution in [3.8, 4) is 0 Å². The summed E-state index contributed by atoms with van der Waals surface area (Å²) in [5, 5.41) is 10.9. The van der Waals surface area contributed by atoms with Crippen LogP contribution in [0.3, 0.4) is 0 Å². The third kappa shape index (κ3) is 25.2. The molecule has 0 radical (unpaired) electrons. The standard InChI is InChI=1S/C44H82N2O3/c1-7-10-11-12-13-14-15-16-17-18-19-20-21-24-28-43(47)38-46(35-27-34-45(8-2)9-3)33-25-22-23-26-36-49-44(48)40(6)42-31-29-41(30-32-42)37-39(4)5/h29-32,39-40,43,47H,7-28,33-38H2,1-6H3. The lowest BCUT2D eigenvalue weighted by atomic mass is 9.97. The van der Waals surface area contributed by atoms with E-state index in [9.17, 15) is 9.90 Å². The predicted octanol–water partition coefficient (Wildman–Crippen LogP) is 11.4. The van der Waals surface area contributed by atoms with Crippen LogP contribution in [0.2, 0.25) is 0 Å². The molecular weight excluding hydrogens is 604 g/mol. The maximum Gasteiger partial charge on any atom is 0.313 e. The van der Waals surface area contributed by atoms with Crippen molar-refractivity contribution >= 4 is 5.97 Å². The molecule has 1 aromatic rings. The van der Waals surface area contributed by atoms with Crippen molar-refractivity contribution in [1.29, 1.82) is 0 Å². The largest absolute Gasteiger partial charge is 0.465 e. The summed E-state index contributed by atoms with van der Waals surface area (Å²) >= 11 is 0. The molecule has 1 aromatic carbocycles. The molecule has 49 heavy (non-hydrogen) atoms. The van der Waals surface area contributed by atoms with E-state index in [-0.39, 0.29) is 18.0 Å². The average molecular weight is 687 g/mol. The minimum Gasteiger partial charge on any atom is -0.465 e. The van der Waals surface area contributed by atoms with E-state index in [1.807, 2.05) is 6.92 Å². The number of carbonyl (C=O) groups is 1. The molecule has 1 rings (SSSR count). The highest BCUT2D eigenvalue weighted by atomic mass is 16.5. The molecule has 0 fully saturated rings. The van der Waals surface area contributed by atoms with Crippen LogP contribution in [0.1, 0.15) is 187 Å². The summed E-state index contributed by atoms with van der Waals surface area (Å²) in [5.41, 5.74) is 2.35. The van der Waals surface area contributed by atoms with Crippen molar-refractivity contribution in [2.75, 3.05) is 45.9 Å². The molecule has 0 saturated carbocycles. The number of hydrogen-bond acceptors (Lipinski definition) is 5. The van der Waals surface area contributed by atoms with Crippen LogP contribution in [0.15, 0.2) is 24.3 Å². The maximum absolute atomic E-state index is 12.6. The van der Waals surface area contributed by atoms with E-state index in [0.717, 1.165) is 96.2 Å². The zero-order valence-corrected chi connectivity index (χ0v) is 33.5. The Bertz CT molecular complexity index is 869. The maximum atomic E-state index is 12.6. The minimum absolute atomic E-state index is 0.122. The van der Waals surface area contributed by atoms with Gasteiger partial charge in [0, 0.05) is 6.54 Å². The van der Waals surface area contributed by atoms with E-state index in [4.69, 9.17) is 4.74 Å². The Morgan fingerprint density at radius 1 is 0.633 bits per heavy atom. The van der Waals surface area contributed by atoms with E-state index in [1.165, 1.54) is 89.0 Å². The summed E-state index contributed by atoms with van der Waals surface area (Å²) in [4.78, 5) is 17.6. The fraction of sp³-hybridized carbons (Fsp3) is 0.841. The van der Waals surface area contributed by atoms with Gasteiger partial charge in [-0.3, -0.25) is 4.79 Å². The van der Waals surface area contributed by atoms with Gasteiger partial charge in [-0.05, 0) is 88.8 Å². The molecule has 0 aliphatic rings. The summed E-state index contributed by atoms with van der Waals surface area (Å²) in [7, 11) is 0. The Morgan fingerprint density at radius 3 is 1.67 bits per heavy atom. The monoisotopic (exact) mass is 687 g/mol. The van der Waals surface area contributed by atoms with Gasteiger partial charge in [-0.1, -0.05) is 162 Å². The molecule has 0 bridgehead atoms. The lowest BCUT2D eigenvalue weighted by molar-refractivity contribution is -0.145. The van der Waals surface area contributed by atoms with Crippen molar-refractivity contribution in [3.05, 3.63) is 35.4 Å². The lowest BCUT2D eigenvalue weighted by Gasteiger charge is -2.27. The number of esters is 1. The van der Waals surface area contributed by atoms with Crippen molar-refractivity contribution in [3.63, 3.8) is 0 Å². The molecule has 0 amide bonds. The van der Waals surface area contributed by atoms with Gasteiger partial charge in [0.1, 0.15) is 0 Å². The van der Waals surface area contributed by atoms with Gasteiger partial charge in [0.15, 0.2) is 0 Å². The number of rotatable bonds is 34. The molecule has 2 atom stereocenters. The first kappa shape index (κ1) is 45.6. The quantitative estimate of drug-likeness (QED) is 0.0578. The molecule has 0 heterocycles. The normalized spacial score (nSPS) is 13.1. The van der Waals surface area contributed by atoms with Crippen LogP contribution in [0, 0.1) is 5.92 Å². The first-order valence-corrected chi connectivity index (χ1v) is 21.2. The fourth-order valence-corrected chi connectivity index (χ4v) is 6.95. The number of benzene rings is 1. The van der Waals surface area contributed by atoms with E-state index in [1.54, 1.807) is 0 Å². The Morgan fingerprint density at radius 2 is 1.12 bits per heavy atom. The summed E-state index contributed by atoms with van der Waals surface area (Å²) in [6, 6.07) is 8.44. The lowest BCUT2D eigenvalue weighted by Crippen LogP contribution is -2.36. The smallest absolute Gasteiger partial charge is 0.313 e. The molecule has 0 aliphatic carbocycles. The molecule has 2 unspecified atom stereocenters. The van der Waals surface area contributed by atoms with E-state index >= 15 is 0 Å². The first-order valence-electron chi connectivity index (χ1n) is 21.2. The number of hydrogen-bond donors (Lipinski definition) is 1. The van der Waals surface area contributed by atoms with Crippen LogP contribution in [0.4, 0.5) is 0 Å². The van der Waals surface area contributed by atoms with Crippen molar-refractivity contribution in [2.24, 2.45) is 5.92 Å². The molecule has 286 valence electrons. The molecule has 0 aliphatic heterocycles. The number of nitrogens with zero attached hydrogens (tertiary/aromatic N) is 2. The highest BCUT2D eigenvalue weighted by molar-refractivity contribution is 5.77. The van der Waals surface area contributed by atoms with Crippen LogP contribution in [-0.4, -0.2) is 72.9 Å². The van der Waals surface area contributed by atoms with Gasteiger partial charge in [0.25, 0.3) is 0 Å². The Hall–Kier alpha value is -1.43. The molecule has 5 heteroatoms. The average Bonchev–Trinajstić information content (AvgIpc) is 3.09. The van der Waals surface area contributed by atoms with Gasteiger partial charge in [-0.15, -0.1) is 0 Å². The Labute approximate surface area is 305 Å². The highest BCUT2D eigenvalue weighted by Crippen LogP contribution is 2.20. The molecule has 5 nitrogen and oxygen atoms in total. The molecule has 0 saturated heterocycles. The van der Waals surface area contributed by atoms with Gasteiger partial charge < -0.3 is 19.6 Å². The molecule has 1 N–H and O–H groups in total. The summed E-state index contributed by atoms with van der Waals surface area (Å²) in [5.74, 6) is 0.279. The number of unbranched alkanes of at least 4 members (excludes halogenated alkanes) is 16. The van der Waals surface area contributed by atoms with E-state index in [2.05, 4.69) is 68.7 Å². The number of aliphatic hydroxyl groups is 1. The summed E-state index contributed by atoms with van der Waals surface area (Å²) in [6.07, 6.45) is 26.3. The summed E-state index contributed by atoms with van der Waals surface area (Å²) < 4.78 is 5.64. The third-order valence-electron chi connectivity index (χ3n) is 10.3. The zero-order valence-electron chi connectivity index (χ0n) is 33.5. The second-order valence-corrected chi connectivity index (χ2v) is 15.4. The fourth-order valence-electron chi connectivity index (χ4n) is 6.95.